The molecule has 0 aliphatic rings. The van der Waals surface area contributed by atoms with Gasteiger partial charge in [0.2, 0.25) is 0 Å². The Kier molecular flexibility index (Phi) is 4.02. The molecular weight excluding hydrogens is 300 g/mol. The van der Waals surface area contributed by atoms with E-state index in [1.54, 1.807) is 6.07 Å². The molecule has 6 heteroatoms. The van der Waals surface area contributed by atoms with Gasteiger partial charge in [0.25, 0.3) is 0 Å². The molecule has 3 rings (SSSR count). The van der Waals surface area contributed by atoms with Crippen LogP contribution < -0.4 is 4.74 Å². The minimum absolute atomic E-state index is 0.0230. The SMILES string of the molecule is CCCOc1ccc(-c2nc3ccccc3s2)cc1[N+](=O)[O-]. The summed E-state index contributed by atoms with van der Waals surface area (Å²) in [6, 6.07) is 12.8. The maximum atomic E-state index is 11.2. The minimum atomic E-state index is -0.415. The summed E-state index contributed by atoms with van der Waals surface area (Å²) in [6.07, 6.45) is 0.802. The van der Waals surface area contributed by atoms with Gasteiger partial charge < -0.3 is 4.74 Å². The second-order valence-corrected chi connectivity index (χ2v) is 5.81. The standard InChI is InChI=1S/C16H14N2O3S/c1-2-9-21-14-8-7-11(10-13(14)18(19)20)16-17-12-5-3-4-6-15(12)22-16/h3-8,10H,2,9H2,1H3. The summed E-state index contributed by atoms with van der Waals surface area (Å²) in [5.74, 6) is 0.303. The molecule has 0 fully saturated rings. The first kappa shape index (κ1) is 14.5. The van der Waals surface area contributed by atoms with Crippen molar-refractivity contribution < 1.29 is 9.66 Å². The molecule has 0 bridgehead atoms. The topological polar surface area (TPSA) is 65.3 Å². The van der Waals surface area contributed by atoms with Gasteiger partial charge in [0.15, 0.2) is 5.75 Å². The molecule has 2 aromatic carbocycles. The number of para-hydroxylation sites is 1. The van der Waals surface area contributed by atoms with E-state index in [4.69, 9.17) is 4.74 Å². The van der Waals surface area contributed by atoms with E-state index in [0.29, 0.717) is 12.4 Å². The van der Waals surface area contributed by atoms with Crippen LogP contribution >= 0.6 is 11.3 Å². The Morgan fingerprint density at radius 1 is 1.27 bits per heavy atom. The molecule has 0 N–H and O–H groups in total. The average Bonchev–Trinajstić information content (AvgIpc) is 2.96. The van der Waals surface area contributed by atoms with Gasteiger partial charge in [-0.3, -0.25) is 10.1 Å². The Morgan fingerprint density at radius 2 is 2.09 bits per heavy atom. The van der Waals surface area contributed by atoms with Crippen molar-refractivity contribution in [3.05, 3.63) is 52.6 Å². The lowest BCUT2D eigenvalue weighted by Gasteiger charge is -2.06. The van der Waals surface area contributed by atoms with Gasteiger partial charge in [-0.05, 0) is 30.7 Å². The van der Waals surface area contributed by atoms with Crippen LogP contribution in [0.5, 0.6) is 5.75 Å². The van der Waals surface area contributed by atoms with Gasteiger partial charge in [-0.15, -0.1) is 11.3 Å². The largest absolute Gasteiger partial charge is 0.487 e. The third-order valence-corrected chi connectivity index (χ3v) is 4.24. The highest BCUT2D eigenvalue weighted by Crippen LogP contribution is 2.35. The van der Waals surface area contributed by atoms with Crippen LogP contribution in [0.4, 0.5) is 5.69 Å². The summed E-state index contributed by atoms with van der Waals surface area (Å²) < 4.78 is 6.50. The lowest BCUT2D eigenvalue weighted by atomic mass is 10.2. The Balaban J connectivity index is 2.03. The molecule has 5 nitrogen and oxygen atoms in total. The molecule has 3 aromatic rings. The second-order valence-electron chi connectivity index (χ2n) is 4.77. The van der Waals surface area contributed by atoms with Gasteiger partial charge in [-0.1, -0.05) is 19.1 Å². The van der Waals surface area contributed by atoms with Crippen molar-refractivity contribution in [1.82, 2.24) is 4.98 Å². The van der Waals surface area contributed by atoms with Crippen LogP contribution in [0.3, 0.4) is 0 Å². The van der Waals surface area contributed by atoms with Crippen molar-refractivity contribution in [2.45, 2.75) is 13.3 Å². The summed E-state index contributed by atoms with van der Waals surface area (Å²) in [6.45, 7) is 2.42. The smallest absolute Gasteiger partial charge is 0.311 e. The molecular formula is C16H14N2O3S. The van der Waals surface area contributed by atoms with Crippen molar-refractivity contribution in [2.24, 2.45) is 0 Å². The Morgan fingerprint density at radius 3 is 2.82 bits per heavy atom. The monoisotopic (exact) mass is 314 g/mol. The van der Waals surface area contributed by atoms with Crippen LogP contribution in [0.25, 0.3) is 20.8 Å². The number of hydrogen-bond donors (Lipinski definition) is 0. The van der Waals surface area contributed by atoms with Crippen LogP contribution in [-0.2, 0) is 0 Å². The first-order valence-corrected chi connectivity index (χ1v) is 7.78. The van der Waals surface area contributed by atoms with Crippen molar-refractivity contribution in [1.29, 1.82) is 0 Å². The zero-order valence-electron chi connectivity index (χ0n) is 12.0. The van der Waals surface area contributed by atoms with Crippen molar-refractivity contribution in [3.63, 3.8) is 0 Å². The number of aromatic nitrogens is 1. The van der Waals surface area contributed by atoms with E-state index in [1.807, 2.05) is 37.3 Å². The number of nitrogens with zero attached hydrogens (tertiary/aromatic N) is 2. The molecule has 0 saturated heterocycles. The fourth-order valence-electron chi connectivity index (χ4n) is 2.12. The third-order valence-electron chi connectivity index (χ3n) is 3.16. The van der Waals surface area contributed by atoms with E-state index in [0.717, 1.165) is 27.2 Å². The first-order valence-electron chi connectivity index (χ1n) is 6.96. The number of hydrogen-bond acceptors (Lipinski definition) is 5. The van der Waals surface area contributed by atoms with Gasteiger partial charge in [0.05, 0.1) is 21.7 Å². The maximum absolute atomic E-state index is 11.2. The quantitative estimate of drug-likeness (QED) is 0.507. The molecule has 0 spiro atoms. The number of thiazole rings is 1. The van der Waals surface area contributed by atoms with Gasteiger partial charge >= 0.3 is 5.69 Å². The molecule has 0 amide bonds. The van der Waals surface area contributed by atoms with E-state index in [9.17, 15) is 10.1 Å². The maximum Gasteiger partial charge on any atom is 0.311 e. The Hall–Kier alpha value is -2.47. The van der Waals surface area contributed by atoms with Crippen molar-refractivity contribution in [3.8, 4) is 16.3 Å². The van der Waals surface area contributed by atoms with Crippen LogP contribution in [-0.4, -0.2) is 16.5 Å². The van der Waals surface area contributed by atoms with Crippen LogP contribution in [0.15, 0.2) is 42.5 Å². The molecule has 1 heterocycles. The highest BCUT2D eigenvalue weighted by molar-refractivity contribution is 7.21. The fourth-order valence-corrected chi connectivity index (χ4v) is 3.08. The van der Waals surface area contributed by atoms with Crippen molar-refractivity contribution in [2.75, 3.05) is 6.61 Å². The van der Waals surface area contributed by atoms with Gasteiger partial charge in [0, 0.05) is 11.6 Å². The summed E-state index contributed by atoms with van der Waals surface area (Å²) in [5.41, 5.74) is 1.61. The predicted molar refractivity (Wildman–Crippen MR) is 87.5 cm³/mol. The summed E-state index contributed by atoms with van der Waals surface area (Å²) >= 11 is 1.52. The lowest BCUT2D eigenvalue weighted by molar-refractivity contribution is -0.385. The van der Waals surface area contributed by atoms with E-state index < -0.39 is 4.92 Å². The van der Waals surface area contributed by atoms with E-state index >= 15 is 0 Å². The van der Waals surface area contributed by atoms with Crippen LogP contribution in [0.1, 0.15) is 13.3 Å². The number of rotatable bonds is 5. The first-order chi connectivity index (χ1) is 10.7. The van der Waals surface area contributed by atoms with Gasteiger partial charge in [-0.25, -0.2) is 4.98 Å². The number of benzene rings is 2. The zero-order chi connectivity index (χ0) is 15.5. The number of nitro groups is 1. The average molecular weight is 314 g/mol. The van der Waals surface area contributed by atoms with Crippen LogP contribution in [0, 0.1) is 10.1 Å². The number of nitro benzene ring substituents is 1. The second kappa shape index (κ2) is 6.11. The highest BCUT2D eigenvalue weighted by atomic mass is 32.1. The van der Waals surface area contributed by atoms with Crippen molar-refractivity contribution >= 4 is 27.2 Å². The molecule has 0 radical (unpaired) electrons. The van der Waals surface area contributed by atoms with Gasteiger partial charge in [0.1, 0.15) is 5.01 Å². The zero-order valence-corrected chi connectivity index (χ0v) is 12.8. The predicted octanol–water partition coefficient (Wildman–Crippen LogP) is 4.66. The van der Waals surface area contributed by atoms with Crippen LogP contribution in [0.2, 0.25) is 0 Å². The third kappa shape index (κ3) is 2.78. The number of fused-ring (bicyclic) bond motifs is 1. The molecule has 0 aliphatic carbocycles. The Bertz CT molecular complexity index is 796. The fraction of sp³-hybridized carbons (Fsp3) is 0.188. The minimum Gasteiger partial charge on any atom is -0.487 e. The summed E-state index contributed by atoms with van der Waals surface area (Å²) in [7, 11) is 0. The molecule has 1 aromatic heterocycles. The highest BCUT2D eigenvalue weighted by Gasteiger charge is 2.18. The molecule has 0 aliphatic heterocycles. The van der Waals surface area contributed by atoms with E-state index in [2.05, 4.69) is 4.98 Å². The number of ether oxygens (including phenoxy) is 1. The normalized spacial score (nSPS) is 10.8. The van der Waals surface area contributed by atoms with E-state index in [-0.39, 0.29) is 5.69 Å². The molecule has 112 valence electrons. The van der Waals surface area contributed by atoms with Gasteiger partial charge in [-0.2, -0.15) is 0 Å². The summed E-state index contributed by atoms with van der Waals surface area (Å²) in [4.78, 5) is 15.4. The van der Waals surface area contributed by atoms with E-state index in [1.165, 1.54) is 17.4 Å². The lowest BCUT2D eigenvalue weighted by Crippen LogP contribution is -1.99. The molecule has 0 unspecified atom stereocenters. The molecule has 22 heavy (non-hydrogen) atoms. The molecule has 0 saturated carbocycles. The summed E-state index contributed by atoms with van der Waals surface area (Å²) in [5, 5.41) is 12.0. The Labute approximate surface area is 131 Å². The molecule has 0 atom stereocenters.